The first kappa shape index (κ1) is 14.4. The lowest BCUT2D eigenvalue weighted by Gasteiger charge is -2.22. The Labute approximate surface area is 126 Å². The van der Waals surface area contributed by atoms with Gasteiger partial charge in [-0.2, -0.15) is 0 Å². The molecule has 1 aliphatic carbocycles. The van der Waals surface area contributed by atoms with E-state index in [1.54, 1.807) is 0 Å². The van der Waals surface area contributed by atoms with Gasteiger partial charge in [0.15, 0.2) is 0 Å². The Bertz CT molecular complexity index is 460. The average molecular weight is 288 g/mol. The minimum absolute atomic E-state index is 0.0480. The Kier molecular flexibility index (Phi) is 4.76. The maximum absolute atomic E-state index is 12.1. The molecule has 1 heterocycles. The van der Waals surface area contributed by atoms with E-state index >= 15 is 0 Å². The normalized spacial score (nSPS) is 23.0. The monoisotopic (exact) mass is 288 g/mol. The minimum atomic E-state index is -0.0480. The molecule has 0 radical (unpaired) electrons. The van der Waals surface area contributed by atoms with Crippen LogP contribution in [-0.4, -0.2) is 24.6 Å². The zero-order valence-electron chi connectivity index (χ0n) is 12.4. The number of anilines is 1. The van der Waals surface area contributed by atoms with Crippen molar-refractivity contribution in [1.29, 1.82) is 0 Å². The van der Waals surface area contributed by atoms with E-state index in [2.05, 4.69) is 10.6 Å². The maximum atomic E-state index is 12.1. The van der Waals surface area contributed by atoms with Crippen LogP contribution in [-0.2, 0) is 4.79 Å². The Balaban J connectivity index is 1.52. The number of carbonyl (C=O) groups excluding carboxylic acids is 1. The molecule has 1 saturated heterocycles. The number of amides is 1. The highest BCUT2D eigenvalue weighted by Gasteiger charge is 2.20. The first-order valence-electron chi connectivity index (χ1n) is 8.12. The molecular weight excluding hydrogens is 264 g/mol. The van der Waals surface area contributed by atoms with E-state index in [9.17, 15) is 4.79 Å². The molecule has 1 atom stereocenters. The lowest BCUT2D eigenvalue weighted by Crippen LogP contribution is -2.43. The van der Waals surface area contributed by atoms with Crippen molar-refractivity contribution in [2.24, 2.45) is 0 Å². The van der Waals surface area contributed by atoms with Crippen molar-refractivity contribution in [2.45, 2.75) is 57.1 Å². The molecule has 1 amide bonds. The van der Waals surface area contributed by atoms with Crippen molar-refractivity contribution >= 4 is 11.6 Å². The second kappa shape index (κ2) is 6.94. The van der Waals surface area contributed by atoms with Crippen LogP contribution in [0.25, 0.3) is 0 Å². The second-order valence-corrected chi connectivity index (χ2v) is 6.04. The molecule has 1 aromatic rings. The van der Waals surface area contributed by atoms with Gasteiger partial charge in [-0.3, -0.25) is 4.79 Å². The highest BCUT2D eigenvalue weighted by Crippen LogP contribution is 2.25. The molecule has 1 saturated carbocycles. The van der Waals surface area contributed by atoms with E-state index in [4.69, 9.17) is 4.74 Å². The predicted molar refractivity (Wildman–Crippen MR) is 83.6 cm³/mol. The molecule has 114 valence electrons. The van der Waals surface area contributed by atoms with Crippen LogP contribution in [0.3, 0.4) is 0 Å². The van der Waals surface area contributed by atoms with Crippen molar-refractivity contribution < 1.29 is 9.53 Å². The van der Waals surface area contributed by atoms with E-state index in [0.717, 1.165) is 50.1 Å². The lowest BCUT2D eigenvalue weighted by atomic mass is 10.0. The van der Waals surface area contributed by atoms with E-state index in [1.807, 2.05) is 24.3 Å². The van der Waals surface area contributed by atoms with E-state index < -0.39 is 0 Å². The molecule has 4 nitrogen and oxygen atoms in total. The predicted octanol–water partition coefficient (Wildman–Crippen LogP) is 3.09. The largest absolute Gasteiger partial charge is 0.490 e. The van der Waals surface area contributed by atoms with E-state index in [0.29, 0.717) is 6.10 Å². The summed E-state index contributed by atoms with van der Waals surface area (Å²) in [6.07, 6.45) is 8.44. The highest BCUT2D eigenvalue weighted by molar-refractivity contribution is 5.94. The summed E-state index contributed by atoms with van der Waals surface area (Å²) in [4.78, 5) is 12.1. The molecule has 21 heavy (non-hydrogen) atoms. The van der Waals surface area contributed by atoms with Crippen molar-refractivity contribution in [3.05, 3.63) is 24.3 Å². The number of nitrogens with one attached hydrogen (secondary N) is 2. The molecule has 0 spiro atoms. The quantitative estimate of drug-likeness (QED) is 0.895. The van der Waals surface area contributed by atoms with Gasteiger partial charge in [-0.25, -0.2) is 0 Å². The molecule has 4 heteroatoms. The number of piperidine rings is 1. The van der Waals surface area contributed by atoms with E-state index in [1.165, 1.54) is 12.8 Å². The summed E-state index contributed by atoms with van der Waals surface area (Å²) in [7, 11) is 0. The number of benzene rings is 1. The summed E-state index contributed by atoms with van der Waals surface area (Å²) < 4.78 is 5.93. The molecule has 1 unspecified atom stereocenters. The van der Waals surface area contributed by atoms with Crippen molar-refractivity contribution in [3.8, 4) is 5.75 Å². The van der Waals surface area contributed by atoms with Crippen LogP contribution in [0.5, 0.6) is 5.75 Å². The van der Waals surface area contributed by atoms with Gasteiger partial charge in [0.25, 0.3) is 0 Å². The van der Waals surface area contributed by atoms with E-state index in [-0.39, 0.29) is 11.9 Å². The summed E-state index contributed by atoms with van der Waals surface area (Å²) in [6.45, 7) is 0.937. The molecule has 2 N–H and O–H groups in total. The third-order valence-electron chi connectivity index (χ3n) is 4.35. The number of carbonyl (C=O) groups is 1. The van der Waals surface area contributed by atoms with Gasteiger partial charge < -0.3 is 15.4 Å². The number of hydrogen-bond acceptors (Lipinski definition) is 3. The first-order chi connectivity index (χ1) is 10.3. The van der Waals surface area contributed by atoms with Crippen molar-refractivity contribution in [2.75, 3.05) is 11.9 Å². The maximum Gasteiger partial charge on any atom is 0.241 e. The zero-order valence-corrected chi connectivity index (χ0v) is 12.4. The molecule has 1 aromatic carbocycles. The molecule has 0 bridgehead atoms. The number of rotatable bonds is 4. The van der Waals surface area contributed by atoms with Crippen LogP contribution >= 0.6 is 0 Å². The summed E-state index contributed by atoms with van der Waals surface area (Å²) in [6, 6.07) is 7.69. The van der Waals surface area contributed by atoms with Crippen LogP contribution in [0, 0.1) is 0 Å². The number of ether oxygens (including phenoxy) is 1. The molecule has 1 aliphatic heterocycles. The minimum Gasteiger partial charge on any atom is -0.490 e. The fourth-order valence-electron chi connectivity index (χ4n) is 3.12. The smallest absolute Gasteiger partial charge is 0.241 e. The average Bonchev–Trinajstić information content (AvgIpc) is 3.03. The van der Waals surface area contributed by atoms with Gasteiger partial charge in [0, 0.05) is 5.69 Å². The fraction of sp³-hybridized carbons (Fsp3) is 0.588. The zero-order chi connectivity index (χ0) is 14.5. The summed E-state index contributed by atoms with van der Waals surface area (Å²) in [5.41, 5.74) is 0.839. The Hall–Kier alpha value is -1.55. The van der Waals surface area contributed by atoms with Crippen LogP contribution < -0.4 is 15.4 Å². The molecule has 2 aliphatic rings. The SMILES string of the molecule is O=C(Nc1ccc(OC2CCCC2)cc1)C1CCCCN1. The Morgan fingerprint density at radius 3 is 2.43 bits per heavy atom. The van der Waals surface area contributed by atoms with Crippen LogP contribution in [0.15, 0.2) is 24.3 Å². The third-order valence-corrected chi connectivity index (χ3v) is 4.35. The molecule has 0 aromatic heterocycles. The standard InChI is InChI=1S/C17H24N2O2/c20-17(16-7-3-4-12-18-16)19-13-8-10-15(11-9-13)21-14-5-1-2-6-14/h8-11,14,16,18H,1-7,12H2,(H,19,20). The summed E-state index contributed by atoms with van der Waals surface area (Å²) in [5.74, 6) is 0.967. The Morgan fingerprint density at radius 2 is 1.76 bits per heavy atom. The molecule has 2 fully saturated rings. The van der Waals surface area contributed by atoms with Crippen LogP contribution in [0.4, 0.5) is 5.69 Å². The highest BCUT2D eigenvalue weighted by atomic mass is 16.5. The van der Waals surface area contributed by atoms with Crippen molar-refractivity contribution in [3.63, 3.8) is 0 Å². The van der Waals surface area contributed by atoms with Gasteiger partial charge in [-0.05, 0) is 69.3 Å². The van der Waals surface area contributed by atoms with Gasteiger partial charge >= 0.3 is 0 Å². The first-order valence-corrected chi connectivity index (χ1v) is 8.12. The van der Waals surface area contributed by atoms with Crippen molar-refractivity contribution in [1.82, 2.24) is 5.32 Å². The Morgan fingerprint density at radius 1 is 1.05 bits per heavy atom. The topological polar surface area (TPSA) is 50.4 Å². The second-order valence-electron chi connectivity index (χ2n) is 6.04. The number of hydrogen-bond donors (Lipinski definition) is 2. The fourth-order valence-corrected chi connectivity index (χ4v) is 3.12. The summed E-state index contributed by atoms with van der Waals surface area (Å²) in [5, 5.41) is 6.24. The van der Waals surface area contributed by atoms with Crippen LogP contribution in [0.2, 0.25) is 0 Å². The molecular formula is C17H24N2O2. The van der Waals surface area contributed by atoms with Gasteiger partial charge in [0.05, 0.1) is 12.1 Å². The van der Waals surface area contributed by atoms with Gasteiger partial charge in [-0.15, -0.1) is 0 Å². The van der Waals surface area contributed by atoms with Gasteiger partial charge in [-0.1, -0.05) is 6.42 Å². The summed E-state index contributed by atoms with van der Waals surface area (Å²) >= 11 is 0. The van der Waals surface area contributed by atoms with Gasteiger partial charge in [0.2, 0.25) is 5.91 Å². The third kappa shape index (κ3) is 3.97. The van der Waals surface area contributed by atoms with Crippen LogP contribution in [0.1, 0.15) is 44.9 Å². The van der Waals surface area contributed by atoms with Gasteiger partial charge in [0.1, 0.15) is 5.75 Å². The molecule has 3 rings (SSSR count). The lowest BCUT2D eigenvalue weighted by molar-refractivity contribution is -0.118.